The van der Waals surface area contributed by atoms with E-state index in [0.29, 0.717) is 18.3 Å². The lowest BCUT2D eigenvalue weighted by Gasteiger charge is -2.07. The molecule has 0 radical (unpaired) electrons. The Morgan fingerprint density at radius 1 is 1.13 bits per heavy atom. The number of benzene rings is 1. The molecule has 0 fully saturated rings. The summed E-state index contributed by atoms with van der Waals surface area (Å²) in [4.78, 5) is 8.81. The molecule has 0 unspecified atom stereocenters. The van der Waals surface area contributed by atoms with Crippen molar-refractivity contribution in [1.29, 1.82) is 0 Å². The molecular formula is C16H14N6O. The molecule has 0 amide bonds. The molecule has 0 aliphatic carbocycles. The third-order valence-electron chi connectivity index (χ3n) is 3.40. The molecular weight excluding hydrogens is 292 g/mol. The number of anilines is 1. The Labute approximate surface area is 132 Å². The second-order valence-corrected chi connectivity index (χ2v) is 5.12. The highest BCUT2D eigenvalue weighted by Gasteiger charge is 2.09. The summed E-state index contributed by atoms with van der Waals surface area (Å²) in [7, 11) is 0. The lowest BCUT2D eigenvalue weighted by molar-refractivity contribution is 0.423. The van der Waals surface area contributed by atoms with Crippen molar-refractivity contribution in [3.8, 4) is 11.5 Å². The predicted octanol–water partition coefficient (Wildman–Crippen LogP) is 2.70. The van der Waals surface area contributed by atoms with Crippen LogP contribution in [0.4, 0.5) is 5.82 Å². The minimum atomic E-state index is 0.439. The smallest absolute Gasteiger partial charge is 0.257 e. The maximum atomic E-state index is 5.30. The topological polar surface area (TPSA) is 81.1 Å². The monoisotopic (exact) mass is 306 g/mol. The van der Waals surface area contributed by atoms with Gasteiger partial charge in [0.15, 0.2) is 11.5 Å². The standard InChI is InChI=1S/C16H14N6O/c1-11-9-15(22-14(19-11)7-8-18-22)17-10-13-20-16(23-21-13)12-5-3-2-4-6-12/h2-9,17H,10H2,1H3. The Balaban J connectivity index is 1.55. The molecule has 3 aromatic heterocycles. The minimum Gasteiger partial charge on any atom is -0.362 e. The van der Waals surface area contributed by atoms with Gasteiger partial charge in [-0.1, -0.05) is 23.4 Å². The maximum Gasteiger partial charge on any atom is 0.257 e. The van der Waals surface area contributed by atoms with Crippen molar-refractivity contribution in [1.82, 2.24) is 24.7 Å². The molecule has 3 heterocycles. The average Bonchev–Trinajstić information content (AvgIpc) is 3.22. The zero-order valence-electron chi connectivity index (χ0n) is 12.5. The number of hydrogen-bond donors (Lipinski definition) is 1. The number of aryl methyl sites for hydroxylation is 1. The van der Waals surface area contributed by atoms with Gasteiger partial charge in [-0.3, -0.25) is 0 Å². The first-order valence-electron chi connectivity index (χ1n) is 7.23. The van der Waals surface area contributed by atoms with E-state index in [1.54, 1.807) is 10.7 Å². The van der Waals surface area contributed by atoms with Gasteiger partial charge in [0.25, 0.3) is 5.89 Å². The summed E-state index contributed by atoms with van der Waals surface area (Å²) in [5.41, 5.74) is 2.62. The van der Waals surface area contributed by atoms with Gasteiger partial charge in [-0.15, -0.1) is 0 Å². The highest BCUT2D eigenvalue weighted by Crippen LogP contribution is 2.17. The lowest BCUT2D eigenvalue weighted by Crippen LogP contribution is -2.07. The molecule has 0 saturated carbocycles. The second-order valence-electron chi connectivity index (χ2n) is 5.12. The van der Waals surface area contributed by atoms with E-state index in [0.717, 1.165) is 22.7 Å². The fourth-order valence-electron chi connectivity index (χ4n) is 2.36. The zero-order valence-corrected chi connectivity index (χ0v) is 12.5. The van der Waals surface area contributed by atoms with E-state index in [1.165, 1.54) is 0 Å². The van der Waals surface area contributed by atoms with E-state index in [-0.39, 0.29) is 0 Å². The molecule has 0 spiro atoms. The molecule has 0 saturated heterocycles. The molecule has 114 valence electrons. The minimum absolute atomic E-state index is 0.439. The summed E-state index contributed by atoms with van der Waals surface area (Å²) in [5, 5.41) is 11.5. The molecule has 1 aromatic carbocycles. The van der Waals surface area contributed by atoms with Crippen molar-refractivity contribution in [2.75, 3.05) is 5.32 Å². The van der Waals surface area contributed by atoms with Crippen LogP contribution in [-0.4, -0.2) is 24.7 Å². The second kappa shape index (κ2) is 5.53. The number of nitrogens with one attached hydrogen (secondary N) is 1. The van der Waals surface area contributed by atoms with E-state index in [1.807, 2.05) is 49.4 Å². The lowest BCUT2D eigenvalue weighted by atomic mass is 10.2. The van der Waals surface area contributed by atoms with Crippen molar-refractivity contribution < 1.29 is 4.52 Å². The van der Waals surface area contributed by atoms with Gasteiger partial charge < -0.3 is 9.84 Å². The van der Waals surface area contributed by atoms with Gasteiger partial charge in [-0.2, -0.15) is 14.6 Å². The first kappa shape index (κ1) is 13.4. The highest BCUT2D eigenvalue weighted by molar-refractivity contribution is 5.52. The summed E-state index contributed by atoms with van der Waals surface area (Å²) in [5.74, 6) is 1.93. The predicted molar refractivity (Wildman–Crippen MR) is 84.8 cm³/mol. The van der Waals surface area contributed by atoms with Gasteiger partial charge in [-0.05, 0) is 19.1 Å². The number of hydrogen-bond acceptors (Lipinski definition) is 6. The van der Waals surface area contributed by atoms with Crippen LogP contribution in [0, 0.1) is 6.92 Å². The maximum absolute atomic E-state index is 5.30. The zero-order chi connectivity index (χ0) is 15.6. The van der Waals surface area contributed by atoms with E-state index in [9.17, 15) is 0 Å². The van der Waals surface area contributed by atoms with Gasteiger partial charge >= 0.3 is 0 Å². The fourth-order valence-corrected chi connectivity index (χ4v) is 2.36. The van der Waals surface area contributed by atoms with E-state index < -0.39 is 0 Å². The van der Waals surface area contributed by atoms with Crippen molar-refractivity contribution >= 4 is 11.5 Å². The van der Waals surface area contributed by atoms with Crippen LogP contribution in [0.3, 0.4) is 0 Å². The highest BCUT2D eigenvalue weighted by atomic mass is 16.5. The summed E-state index contributed by atoms with van der Waals surface area (Å²) >= 11 is 0. The Bertz CT molecular complexity index is 944. The summed E-state index contributed by atoms with van der Waals surface area (Å²) < 4.78 is 7.04. The van der Waals surface area contributed by atoms with Gasteiger partial charge in [0.1, 0.15) is 5.82 Å². The van der Waals surface area contributed by atoms with Gasteiger partial charge in [0.2, 0.25) is 0 Å². The molecule has 4 rings (SSSR count). The molecule has 7 nitrogen and oxygen atoms in total. The molecule has 0 bridgehead atoms. The third-order valence-corrected chi connectivity index (χ3v) is 3.40. The Morgan fingerprint density at radius 3 is 2.87 bits per heavy atom. The Kier molecular flexibility index (Phi) is 3.23. The molecule has 0 atom stereocenters. The molecule has 0 aliphatic heterocycles. The average molecular weight is 306 g/mol. The largest absolute Gasteiger partial charge is 0.362 e. The number of fused-ring (bicyclic) bond motifs is 1. The Morgan fingerprint density at radius 2 is 2.00 bits per heavy atom. The van der Waals surface area contributed by atoms with Crippen LogP contribution in [0.1, 0.15) is 11.5 Å². The summed E-state index contributed by atoms with van der Waals surface area (Å²) in [6, 6.07) is 13.5. The van der Waals surface area contributed by atoms with Crippen LogP contribution < -0.4 is 5.32 Å². The van der Waals surface area contributed by atoms with E-state index >= 15 is 0 Å². The third kappa shape index (κ3) is 2.64. The molecule has 1 N–H and O–H groups in total. The number of rotatable bonds is 4. The normalized spacial score (nSPS) is 11.0. The summed E-state index contributed by atoms with van der Waals surface area (Å²) in [6.45, 7) is 2.38. The van der Waals surface area contributed by atoms with Crippen LogP contribution in [0.5, 0.6) is 0 Å². The van der Waals surface area contributed by atoms with Gasteiger partial charge in [0.05, 0.1) is 12.7 Å². The number of nitrogens with zero attached hydrogens (tertiary/aromatic N) is 5. The first-order valence-corrected chi connectivity index (χ1v) is 7.23. The molecule has 0 aliphatic rings. The van der Waals surface area contributed by atoms with Crippen LogP contribution in [-0.2, 0) is 6.54 Å². The van der Waals surface area contributed by atoms with Crippen molar-refractivity contribution in [2.45, 2.75) is 13.5 Å². The van der Waals surface area contributed by atoms with Crippen molar-refractivity contribution in [2.24, 2.45) is 0 Å². The molecule has 23 heavy (non-hydrogen) atoms. The van der Waals surface area contributed by atoms with Crippen LogP contribution in [0.15, 0.2) is 53.2 Å². The molecule has 7 heteroatoms. The van der Waals surface area contributed by atoms with Gasteiger partial charge in [0, 0.05) is 23.4 Å². The van der Waals surface area contributed by atoms with Crippen LogP contribution >= 0.6 is 0 Å². The van der Waals surface area contributed by atoms with Crippen LogP contribution in [0.25, 0.3) is 17.1 Å². The van der Waals surface area contributed by atoms with Crippen LogP contribution in [0.2, 0.25) is 0 Å². The van der Waals surface area contributed by atoms with Gasteiger partial charge in [-0.25, -0.2) is 4.98 Å². The summed E-state index contributed by atoms with van der Waals surface area (Å²) in [6.07, 6.45) is 1.72. The van der Waals surface area contributed by atoms with E-state index in [4.69, 9.17) is 4.52 Å². The quantitative estimate of drug-likeness (QED) is 0.624. The molecule has 4 aromatic rings. The first-order chi connectivity index (χ1) is 11.3. The fraction of sp³-hybridized carbons (Fsp3) is 0.125. The van der Waals surface area contributed by atoms with E-state index in [2.05, 4.69) is 25.5 Å². The van der Waals surface area contributed by atoms with Crippen molar-refractivity contribution in [3.63, 3.8) is 0 Å². The Hall–Kier alpha value is -3.22. The number of aromatic nitrogens is 5. The SMILES string of the molecule is Cc1cc(NCc2noc(-c3ccccc3)n2)n2nccc2n1. The van der Waals surface area contributed by atoms with Crippen molar-refractivity contribution in [3.05, 3.63) is 60.2 Å².